The van der Waals surface area contributed by atoms with Crippen LogP contribution in [0, 0.1) is 19.3 Å². The van der Waals surface area contributed by atoms with Gasteiger partial charge in [-0.2, -0.15) is 0 Å². The molecular weight excluding hydrogens is 336 g/mol. The van der Waals surface area contributed by atoms with Gasteiger partial charge in [-0.05, 0) is 65.5 Å². The van der Waals surface area contributed by atoms with Crippen LogP contribution in [0.2, 0.25) is 0 Å². The Morgan fingerprint density at radius 1 is 0.679 bits per heavy atom. The first-order valence-corrected chi connectivity index (χ1v) is 10.3. The monoisotopic (exact) mass is 366 g/mol. The molecule has 0 unspecified atom stereocenters. The summed E-state index contributed by atoms with van der Waals surface area (Å²) in [6, 6.07) is 22.5. The van der Waals surface area contributed by atoms with Crippen molar-refractivity contribution in [1.82, 2.24) is 0 Å². The fourth-order valence-electron chi connectivity index (χ4n) is 4.29. The summed E-state index contributed by atoms with van der Waals surface area (Å²) in [5.74, 6) is 0. The zero-order valence-electron chi connectivity index (χ0n) is 17.8. The highest BCUT2D eigenvalue weighted by molar-refractivity contribution is 5.87. The normalized spacial score (nSPS) is 13.4. The predicted octanol–water partition coefficient (Wildman–Crippen LogP) is 8.01. The van der Waals surface area contributed by atoms with Crippen LogP contribution in [0.1, 0.15) is 49.4 Å². The van der Waals surface area contributed by atoms with Gasteiger partial charge in [-0.1, -0.05) is 104 Å². The number of hydrogen-bond donors (Lipinski definition) is 0. The van der Waals surface area contributed by atoms with Crippen molar-refractivity contribution in [3.63, 3.8) is 0 Å². The Morgan fingerprint density at radius 2 is 1.18 bits per heavy atom. The Kier molecular flexibility index (Phi) is 4.75. The molecule has 0 heteroatoms. The molecule has 28 heavy (non-hydrogen) atoms. The molecule has 0 saturated heterocycles. The smallest absolute Gasteiger partial charge is 0.00512 e. The van der Waals surface area contributed by atoms with Gasteiger partial charge in [0.25, 0.3) is 0 Å². The van der Waals surface area contributed by atoms with Gasteiger partial charge in [-0.15, -0.1) is 0 Å². The molecule has 0 saturated carbocycles. The van der Waals surface area contributed by atoms with Crippen molar-refractivity contribution in [3.8, 4) is 22.3 Å². The van der Waals surface area contributed by atoms with Gasteiger partial charge < -0.3 is 0 Å². The number of hydrogen-bond acceptors (Lipinski definition) is 0. The van der Waals surface area contributed by atoms with E-state index in [9.17, 15) is 0 Å². The second kappa shape index (κ2) is 7.09. The molecule has 3 aromatic carbocycles. The van der Waals surface area contributed by atoms with E-state index < -0.39 is 0 Å². The number of allylic oxidation sites excluding steroid dienone is 1. The number of benzene rings is 3. The van der Waals surface area contributed by atoms with E-state index in [0.29, 0.717) is 5.41 Å². The van der Waals surface area contributed by atoms with Crippen molar-refractivity contribution in [2.75, 3.05) is 0 Å². The maximum Gasteiger partial charge on any atom is -0.00512 e. The molecule has 0 aliphatic heterocycles. The van der Waals surface area contributed by atoms with E-state index in [2.05, 4.69) is 101 Å². The minimum atomic E-state index is 0.307. The van der Waals surface area contributed by atoms with Crippen molar-refractivity contribution in [3.05, 3.63) is 88.5 Å². The lowest BCUT2D eigenvalue weighted by molar-refractivity contribution is 0.408. The standard InChI is InChI=1S/C28H30/c1-19-6-10-22(11-7-19)24-14-15-25(23-12-8-20(2)9-13-23)27-17-21(16-26(24)27)18-28(3,4)5/h6-16H,17-18H2,1-5H3. The lowest BCUT2D eigenvalue weighted by Crippen LogP contribution is -2.06. The van der Waals surface area contributed by atoms with E-state index in [1.165, 1.54) is 44.5 Å². The zero-order chi connectivity index (χ0) is 19.9. The fraction of sp³-hybridized carbons (Fsp3) is 0.286. The van der Waals surface area contributed by atoms with Gasteiger partial charge in [-0.3, -0.25) is 0 Å². The lowest BCUT2D eigenvalue weighted by Gasteiger charge is -2.19. The predicted molar refractivity (Wildman–Crippen MR) is 123 cm³/mol. The van der Waals surface area contributed by atoms with E-state index in [-0.39, 0.29) is 0 Å². The Labute approximate surface area is 169 Å². The molecule has 0 amide bonds. The molecule has 4 rings (SSSR count). The summed E-state index contributed by atoms with van der Waals surface area (Å²) in [4.78, 5) is 0. The summed E-state index contributed by atoms with van der Waals surface area (Å²) in [5, 5.41) is 0. The van der Waals surface area contributed by atoms with E-state index in [1.807, 2.05) is 0 Å². The molecule has 142 valence electrons. The van der Waals surface area contributed by atoms with Gasteiger partial charge in [-0.25, -0.2) is 0 Å². The summed E-state index contributed by atoms with van der Waals surface area (Å²) >= 11 is 0. The minimum Gasteiger partial charge on any atom is -0.0646 e. The van der Waals surface area contributed by atoms with E-state index in [0.717, 1.165) is 12.8 Å². The highest BCUT2D eigenvalue weighted by Gasteiger charge is 2.23. The Morgan fingerprint density at radius 3 is 1.71 bits per heavy atom. The highest BCUT2D eigenvalue weighted by Crippen LogP contribution is 2.42. The van der Waals surface area contributed by atoms with Crippen molar-refractivity contribution < 1.29 is 0 Å². The van der Waals surface area contributed by atoms with Crippen LogP contribution in [0.4, 0.5) is 0 Å². The Hall–Kier alpha value is -2.60. The molecular formula is C28H30. The largest absolute Gasteiger partial charge is 0.0646 e. The van der Waals surface area contributed by atoms with Gasteiger partial charge in [0, 0.05) is 0 Å². The van der Waals surface area contributed by atoms with Gasteiger partial charge in [0.05, 0.1) is 0 Å². The number of aryl methyl sites for hydroxylation is 2. The van der Waals surface area contributed by atoms with Gasteiger partial charge in [0.15, 0.2) is 0 Å². The summed E-state index contributed by atoms with van der Waals surface area (Å²) in [6.45, 7) is 11.3. The fourth-order valence-corrected chi connectivity index (χ4v) is 4.29. The topological polar surface area (TPSA) is 0 Å². The molecule has 0 fully saturated rings. The quantitative estimate of drug-likeness (QED) is 0.440. The zero-order valence-corrected chi connectivity index (χ0v) is 17.8. The van der Waals surface area contributed by atoms with Crippen molar-refractivity contribution in [2.45, 2.75) is 47.5 Å². The van der Waals surface area contributed by atoms with Gasteiger partial charge in [0.1, 0.15) is 0 Å². The number of fused-ring (bicyclic) bond motifs is 1. The maximum absolute atomic E-state index is 2.47. The van der Waals surface area contributed by atoms with Crippen LogP contribution in [-0.4, -0.2) is 0 Å². The molecule has 0 aromatic heterocycles. The lowest BCUT2D eigenvalue weighted by atomic mass is 9.86. The third-order valence-electron chi connectivity index (χ3n) is 5.59. The van der Waals surface area contributed by atoms with Crippen LogP contribution in [-0.2, 0) is 6.42 Å². The van der Waals surface area contributed by atoms with Crippen molar-refractivity contribution >= 4 is 6.08 Å². The molecule has 1 aliphatic carbocycles. The van der Waals surface area contributed by atoms with Crippen LogP contribution >= 0.6 is 0 Å². The summed E-state index contributed by atoms with van der Waals surface area (Å²) in [5.41, 5.74) is 12.7. The van der Waals surface area contributed by atoms with Crippen LogP contribution in [0.15, 0.2) is 66.2 Å². The average molecular weight is 367 g/mol. The van der Waals surface area contributed by atoms with E-state index in [4.69, 9.17) is 0 Å². The molecule has 0 bridgehead atoms. The first kappa shape index (κ1) is 18.7. The molecule has 1 aliphatic rings. The molecule has 3 aromatic rings. The average Bonchev–Trinajstić information content (AvgIpc) is 3.04. The highest BCUT2D eigenvalue weighted by atomic mass is 14.3. The number of rotatable bonds is 3. The van der Waals surface area contributed by atoms with Crippen LogP contribution in [0.5, 0.6) is 0 Å². The minimum absolute atomic E-state index is 0.307. The molecule has 0 N–H and O–H groups in total. The molecule has 0 nitrogen and oxygen atoms in total. The van der Waals surface area contributed by atoms with Crippen molar-refractivity contribution in [1.29, 1.82) is 0 Å². The van der Waals surface area contributed by atoms with Gasteiger partial charge in [0.2, 0.25) is 0 Å². The summed E-state index contributed by atoms with van der Waals surface area (Å²) < 4.78 is 0. The molecule has 0 radical (unpaired) electrons. The SMILES string of the molecule is Cc1ccc(-c2ccc(-c3ccc(C)cc3)c3c2C=C(CC(C)(C)C)C3)cc1. The second-order valence-corrected chi connectivity index (χ2v) is 9.50. The third-order valence-corrected chi connectivity index (χ3v) is 5.59. The Balaban J connectivity index is 1.84. The summed E-state index contributed by atoms with van der Waals surface area (Å²) in [7, 11) is 0. The van der Waals surface area contributed by atoms with Crippen molar-refractivity contribution in [2.24, 2.45) is 5.41 Å². The maximum atomic E-state index is 2.47. The Bertz CT molecular complexity index is 1020. The third kappa shape index (κ3) is 3.83. The van der Waals surface area contributed by atoms with Crippen LogP contribution in [0.25, 0.3) is 28.3 Å². The van der Waals surface area contributed by atoms with E-state index >= 15 is 0 Å². The first-order valence-electron chi connectivity index (χ1n) is 10.3. The van der Waals surface area contributed by atoms with Crippen LogP contribution in [0.3, 0.4) is 0 Å². The van der Waals surface area contributed by atoms with Crippen LogP contribution < -0.4 is 0 Å². The van der Waals surface area contributed by atoms with E-state index in [1.54, 1.807) is 5.57 Å². The molecule has 0 spiro atoms. The second-order valence-electron chi connectivity index (χ2n) is 9.50. The molecule has 0 heterocycles. The summed E-state index contributed by atoms with van der Waals surface area (Å²) in [6.07, 6.45) is 4.67. The first-order chi connectivity index (χ1) is 13.3. The molecule has 0 atom stereocenters. The van der Waals surface area contributed by atoms with Gasteiger partial charge >= 0.3 is 0 Å².